The highest BCUT2D eigenvalue weighted by atomic mass is 35.5. The third-order valence-corrected chi connectivity index (χ3v) is 4.52. The second-order valence-electron chi connectivity index (χ2n) is 4.58. The zero-order valence-corrected chi connectivity index (χ0v) is 12.6. The Morgan fingerprint density at radius 2 is 1.82 bits per heavy atom. The molecule has 0 aromatic carbocycles. The van der Waals surface area contributed by atoms with E-state index in [-0.39, 0.29) is 11.8 Å². The molecule has 0 aliphatic rings. The summed E-state index contributed by atoms with van der Waals surface area (Å²) in [6.07, 6.45) is 7.05. The highest BCUT2D eigenvalue weighted by Crippen LogP contribution is 2.06. The van der Waals surface area contributed by atoms with E-state index in [1.807, 2.05) is 6.92 Å². The lowest BCUT2D eigenvalue weighted by Gasteiger charge is -2.13. The Morgan fingerprint density at radius 1 is 1.12 bits per heavy atom. The molecule has 0 aromatic rings. The molecule has 0 bridgehead atoms. The highest BCUT2D eigenvalue weighted by Gasteiger charge is 2.13. The first-order valence-electron chi connectivity index (χ1n) is 6.57. The van der Waals surface area contributed by atoms with E-state index in [4.69, 9.17) is 11.6 Å². The lowest BCUT2D eigenvalue weighted by atomic mass is 10.1. The Hall–Kier alpha value is 0.200. The van der Waals surface area contributed by atoms with Gasteiger partial charge in [0.05, 0.1) is 5.75 Å². The van der Waals surface area contributed by atoms with Crippen molar-refractivity contribution in [2.24, 2.45) is 0 Å². The van der Waals surface area contributed by atoms with E-state index >= 15 is 0 Å². The quantitative estimate of drug-likeness (QED) is 0.467. The molecule has 1 N–H and O–H groups in total. The predicted molar refractivity (Wildman–Crippen MR) is 75.1 cm³/mol. The van der Waals surface area contributed by atoms with Gasteiger partial charge in [-0.25, -0.2) is 13.1 Å². The van der Waals surface area contributed by atoms with Gasteiger partial charge in [-0.1, -0.05) is 32.6 Å². The maximum atomic E-state index is 11.7. The molecule has 1 atom stereocenters. The van der Waals surface area contributed by atoms with Gasteiger partial charge < -0.3 is 0 Å². The molecule has 0 amide bonds. The minimum atomic E-state index is -3.10. The number of unbranched alkanes of at least 4 members (excludes halogenated alkanes) is 4. The highest BCUT2D eigenvalue weighted by molar-refractivity contribution is 7.89. The number of hydrogen-bond donors (Lipinski definition) is 1. The fraction of sp³-hybridized carbons (Fsp3) is 1.00. The molecule has 5 heteroatoms. The second-order valence-corrected chi connectivity index (χ2v) is 6.83. The van der Waals surface area contributed by atoms with Crippen LogP contribution >= 0.6 is 11.6 Å². The lowest BCUT2D eigenvalue weighted by Crippen LogP contribution is -2.34. The van der Waals surface area contributed by atoms with Gasteiger partial charge >= 0.3 is 0 Å². The molecule has 0 heterocycles. The van der Waals surface area contributed by atoms with E-state index in [1.165, 1.54) is 19.3 Å². The van der Waals surface area contributed by atoms with Gasteiger partial charge in [0.1, 0.15) is 0 Å². The topological polar surface area (TPSA) is 46.2 Å². The summed E-state index contributed by atoms with van der Waals surface area (Å²) in [7, 11) is -3.10. The van der Waals surface area contributed by atoms with Crippen molar-refractivity contribution in [2.45, 2.75) is 64.8 Å². The number of rotatable bonds is 11. The molecular formula is C12H26ClNO2S. The first-order chi connectivity index (χ1) is 8.02. The molecule has 3 nitrogen and oxygen atoms in total. The molecule has 1 unspecified atom stereocenters. The standard InChI is InChI=1S/C12H26ClNO2S/c1-3-4-5-6-9-12(2)14-17(15,16)11-8-7-10-13/h12,14H,3-11H2,1-2H3. The molecule has 0 fully saturated rings. The summed E-state index contributed by atoms with van der Waals surface area (Å²) in [6, 6.07) is 0.0489. The minimum absolute atomic E-state index is 0.0489. The fourth-order valence-electron chi connectivity index (χ4n) is 1.69. The van der Waals surface area contributed by atoms with Crippen LogP contribution in [0.1, 0.15) is 58.8 Å². The fourth-order valence-corrected chi connectivity index (χ4v) is 3.31. The van der Waals surface area contributed by atoms with Gasteiger partial charge in [0.25, 0.3) is 0 Å². The molecule has 0 spiro atoms. The van der Waals surface area contributed by atoms with Crippen molar-refractivity contribution in [3.63, 3.8) is 0 Å². The van der Waals surface area contributed by atoms with Crippen LogP contribution in [0, 0.1) is 0 Å². The number of halogens is 1. The maximum Gasteiger partial charge on any atom is 0.211 e. The van der Waals surface area contributed by atoms with Crippen molar-refractivity contribution in [1.29, 1.82) is 0 Å². The van der Waals surface area contributed by atoms with Crippen molar-refractivity contribution in [3.8, 4) is 0 Å². The van der Waals surface area contributed by atoms with Crippen LogP contribution in [0.5, 0.6) is 0 Å². The van der Waals surface area contributed by atoms with Gasteiger partial charge in [-0.15, -0.1) is 11.6 Å². The second kappa shape index (κ2) is 10.2. The van der Waals surface area contributed by atoms with E-state index in [9.17, 15) is 8.42 Å². The number of nitrogens with one attached hydrogen (secondary N) is 1. The van der Waals surface area contributed by atoms with Gasteiger partial charge in [0.2, 0.25) is 10.0 Å². The van der Waals surface area contributed by atoms with Crippen LogP contribution in [0.2, 0.25) is 0 Å². The summed E-state index contributed by atoms with van der Waals surface area (Å²) in [5.74, 6) is 0.723. The maximum absolute atomic E-state index is 11.7. The van der Waals surface area contributed by atoms with Crippen molar-refractivity contribution >= 4 is 21.6 Å². The molecule has 0 aromatic heterocycles. The van der Waals surface area contributed by atoms with Gasteiger partial charge in [-0.2, -0.15) is 0 Å². The Bertz CT molecular complexity index is 268. The third-order valence-electron chi connectivity index (χ3n) is 2.67. The summed E-state index contributed by atoms with van der Waals surface area (Å²) in [4.78, 5) is 0. The van der Waals surface area contributed by atoms with Gasteiger partial charge in [-0.05, 0) is 26.2 Å². The predicted octanol–water partition coefficient (Wildman–Crippen LogP) is 3.28. The summed E-state index contributed by atoms with van der Waals surface area (Å²) in [5.41, 5.74) is 0. The molecule has 0 saturated heterocycles. The zero-order chi connectivity index (χ0) is 13.1. The monoisotopic (exact) mass is 283 g/mol. The minimum Gasteiger partial charge on any atom is -0.212 e. The number of sulfonamides is 1. The van der Waals surface area contributed by atoms with Crippen LogP contribution < -0.4 is 4.72 Å². The van der Waals surface area contributed by atoms with Crippen molar-refractivity contribution in [1.82, 2.24) is 4.72 Å². The summed E-state index contributed by atoms with van der Waals surface area (Å²) in [5, 5.41) is 0. The van der Waals surface area contributed by atoms with E-state index in [0.717, 1.165) is 19.3 Å². The molecule has 104 valence electrons. The first-order valence-corrected chi connectivity index (χ1v) is 8.76. The average Bonchev–Trinajstić information content (AvgIpc) is 2.24. The number of alkyl halides is 1. The van der Waals surface area contributed by atoms with E-state index in [1.54, 1.807) is 0 Å². The first kappa shape index (κ1) is 17.2. The van der Waals surface area contributed by atoms with Crippen LogP contribution in [0.3, 0.4) is 0 Å². The molecule has 0 aliphatic carbocycles. The third kappa shape index (κ3) is 11.0. The van der Waals surface area contributed by atoms with Crippen molar-refractivity contribution < 1.29 is 8.42 Å². The Labute approximate surface area is 111 Å². The van der Waals surface area contributed by atoms with Crippen molar-refractivity contribution in [3.05, 3.63) is 0 Å². The van der Waals surface area contributed by atoms with Gasteiger partial charge in [0, 0.05) is 11.9 Å². The molecule has 17 heavy (non-hydrogen) atoms. The molecule has 0 saturated carbocycles. The van der Waals surface area contributed by atoms with Crippen LogP contribution in [-0.2, 0) is 10.0 Å². The van der Waals surface area contributed by atoms with Crippen LogP contribution in [-0.4, -0.2) is 26.1 Å². The lowest BCUT2D eigenvalue weighted by molar-refractivity contribution is 0.520. The van der Waals surface area contributed by atoms with E-state index < -0.39 is 10.0 Å². The zero-order valence-electron chi connectivity index (χ0n) is 11.0. The Balaban J connectivity index is 3.73. The molecule has 0 rings (SSSR count). The summed E-state index contributed by atoms with van der Waals surface area (Å²) >= 11 is 5.52. The largest absolute Gasteiger partial charge is 0.212 e. The van der Waals surface area contributed by atoms with E-state index in [0.29, 0.717) is 12.3 Å². The SMILES string of the molecule is CCCCCCC(C)NS(=O)(=O)CCCCCl. The normalized spacial score (nSPS) is 13.8. The van der Waals surface area contributed by atoms with Crippen LogP contribution in [0.15, 0.2) is 0 Å². The summed E-state index contributed by atoms with van der Waals surface area (Å²) < 4.78 is 26.0. The Kier molecular flexibility index (Phi) is 10.3. The van der Waals surface area contributed by atoms with Gasteiger partial charge in [-0.3, -0.25) is 0 Å². The smallest absolute Gasteiger partial charge is 0.211 e. The molecular weight excluding hydrogens is 258 g/mol. The number of hydrogen-bond acceptors (Lipinski definition) is 2. The van der Waals surface area contributed by atoms with Crippen molar-refractivity contribution in [2.75, 3.05) is 11.6 Å². The van der Waals surface area contributed by atoms with Crippen LogP contribution in [0.4, 0.5) is 0 Å². The Morgan fingerprint density at radius 3 is 2.41 bits per heavy atom. The molecule has 0 radical (unpaired) electrons. The summed E-state index contributed by atoms with van der Waals surface area (Å²) in [6.45, 7) is 4.11. The average molecular weight is 284 g/mol. The molecule has 0 aliphatic heterocycles. The van der Waals surface area contributed by atoms with E-state index in [2.05, 4.69) is 11.6 Å². The van der Waals surface area contributed by atoms with Crippen LogP contribution in [0.25, 0.3) is 0 Å². The van der Waals surface area contributed by atoms with Gasteiger partial charge in [0.15, 0.2) is 0 Å².